The third-order valence-electron chi connectivity index (χ3n) is 8.02. The zero-order valence-corrected chi connectivity index (χ0v) is 29.2. The summed E-state index contributed by atoms with van der Waals surface area (Å²) in [7, 11) is 6.21. The number of likely N-dealkylation sites (tertiary alicyclic amines) is 1. The molecule has 1 saturated heterocycles. The van der Waals surface area contributed by atoms with E-state index in [-0.39, 0.29) is 47.1 Å². The number of imidazole rings is 1. The van der Waals surface area contributed by atoms with E-state index in [0.29, 0.717) is 28.3 Å². The molecule has 6 N–H and O–H groups in total. The number of pyridine rings is 1. The van der Waals surface area contributed by atoms with Crippen LogP contribution in [0.25, 0.3) is 5.65 Å². The summed E-state index contributed by atoms with van der Waals surface area (Å²) in [6.07, 6.45) is -3.54. The number of nitrogens with one attached hydrogen (secondary N) is 4. The van der Waals surface area contributed by atoms with Crippen molar-refractivity contribution in [3.8, 4) is 17.6 Å². The van der Waals surface area contributed by atoms with Gasteiger partial charge in [-0.05, 0) is 75.3 Å². The maximum absolute atomic E-state index is 13.8. The van der Waals surface area contributed by atoms with Crippen molar-refractivity contribution in [1.82, 2.24) is 19.6 Å². The van der Waals surface area contributed by atoms with Gasteiger partial charge in [-0.2, -0.15) is 13.2 Å². The average Bonchev–Trinajstić information content (AvgIpc) is 3.46. The number of carbonyl (C=O) groups excluding carboxylic acids is 3. The van der Waals surface area contributed by atoms with Gasteiger partial charge in [-0.1, -0.05) is 24.1 Å². The molecular formula is C36H41F3N8O5. The lowest BCUT2D eigenvalue weighted by atomic mass is 10.1. The number of nitrogens with two attached hydrogens (primary N) is 1. The highest BCUT2D eigenvalue weighted by Crippen LogP contribution is 2.31. The minimum atomic E-state index is -4.54. The van der Waals surface area contributed by atoms with Crippen molar-refractivity contribution >= 4 is 40.6 Å². The number of fused-ring (bicyclic) bond motifs is 1. The second-order valence-corrected chi connectivity index (χ2v) is 11.8. The van der Waals surface area contributed by atoms with E-state index >= 15 is 0 Å². The van der Waals surface area contributed by atoms with Gasteiger partial charge in [0.15, 0.2) is 5.65 Å². The summed E-state index contributed by atoms with van der Waals surface area (Å²) < 4.78 is 52.6. The minimum absolute atomic E-state index is 0.0392. The van der Waals surface area contributed by atoms with Gasteiger partial charge in [-0.3, -0.25) is 19.3 Å². The van der Waals surface area contributed by atoms with Crippen molar-refractivity contribution in [2.75, 3.05) is 63.9 Å². The first-order chi connectivity index (χ1) is 24.8. The smallest absolute Gasteiger partial charge is 0.411 e. The van der Waals surface area contributed by atoms with E-state index in [4.69, 9.17) is 10.5 Å². The molecule has 4 aromatic rings. The molecule has 3 heterocycles. The van der Waals surface area contributed by atoms with E-state index in [2.05, 4.69) is 47.7 Å². The number of amides is 3. The molecule has 5 rings (SSSR count). The number of piperidine rings is 1. The molecule has 13 nitrogen and oxygen atoms in total. The van der Waals surface area contributed by atoms with Crippen LogP contribution in [-0.4, -0.2) is 92.4 Å². The number of nitrogens with zero attached hydrogens (tertiary/aromatic N) is 3. The van der Waals surface area contributed by atoms with Crippen molar-refractivity contribution < 1.29 is 37.0 Å². The van der Waals surface area contributed by atoms with E-state index in [1.54, 1.807) is 48.5 Å². The van der Waals surface area contributed by atoms with Crippen molar-refractivity contribution in [3.63, 3.8) is 0 Å². The lowest BCUT2D eigenvalue weighted by Gasteiger charge is -2.30. The summed E-state index contributed by atoms with van der Waals surface area (Å²) in [5, 5.41) is 11.6. The molecule has 52 heavy (non-hydrogen) atoms. The van der Waals surface area contributed by atoms with Crippen molar-refractivity contribution in [2.45, 2.75) is 31.5 Å². The van der Waals surface area contributed by atoms with Crippen LogP contribution in [-0.2, 0) is 11.2 Å². The first-order valence-electron chi connectivity index (χ1n) is 16.2. The maximum atomic E-state index is 13.8. The second-order valence-electron chi connectivity index (χ2n) is 11.8. The quantitative estimate of drug-likeness (QED) is 0.154. The van der Waals surface area contributed by atoms with Crippen LogP contribution in [0.1, 0.15) is 44.9 Å². The fourth-order valence-electron chi connectivity index (χ4n) is 5.36. The molecule has 2 aromatic carbocycles. The fraction of sp³-hybridized carbons (Fsp3) is 0.333. The zero-order chi connectivity index (χ0) is 37.8. The molecule has 2 aromatic heterocycles. The summed E-state index contributed by atoms with van der Waals surface area (Å²) in [5.41, 5.74) is 7.26. The van der Waals surface area contributed by atoms with Gasteiger partial charge in [0.05, 0.1) is 49.9 Å². The Morgan fingerprint density at radius 3 is 2.33 bits per heavy atom. The normalized spacial score (nSPS) is 13.1. The maximum Gasteiger partial charge on any atom is 0.411 e. The number of alkyl halides is 3. The average molecular weight is 723 g/mol. The van der Waals surface area contributed by atoms with Crippen LogP contribution in [0.4, 0.5) is 35.0 Å². The van der Waals surface area contributed by atoms with E-state index in [1.807, 2.05) is 13.1 Å². The highest BCUT2D eigenvalue weighted by atomic mass is 19.4. The van der Waals surface area contributed by atoms with Gasteiger partial charge in [-0.25, -0.2) is 9.78 Å². The third-order valence-corrected chi connectivity index (χ3v) is 8.02. The SMILES string of the molecule is CNC(=O)c1ccc(NCC#Cc2nc3c(NC4CCN(C)CC4)cc(NC(=O)OC)cn3c2CC(F)(F)F)c(OC)c1.NC(=O)c1ccccc1. The van der Waals surface area contributed by atoms with Gasteiger partial charge in [0, 0.05) is 30.4 Å². The molecule has 1 fully saturated rings. The predicted octanol–water partition coefficient (Wildman–Crippen LogP) is 4.74. The summed E-state index contributed by atoms with van der Waals surface area (Å²) in [5.74, 6) is 5.38. The molecule has 0 spiro atoms. The summed E-state index contributed by atoms with van der Waals surface area (Å²) in [6.45, 7) is 1.79. The van der Waals surface area contributed by atoms with E-state index in [9.17, 15) is 27.6 Å². The Morgan fingerprint density at radius 1 is 1.02 bits per heavy atom. The highest BCUT2D eigenvalue weighted by Gasteiger charge is 2.32. The molecule has 276 valence electrons. The van der Waals surface area contributed by atoms with Crippen LogP contribution >= 0.6 is 0 Å². The Labute approximate surface area is 299 Å². The van der Waals surface area contributed by atoms with Crippen LogP contribution in [0.5, 0.6) is 5.75 Å². The monoisotopic (exact) mass is 722 g/mol. The number of methoxy groups -OCH3 is 2. The molecule has 0 aliphatic carbocycles. The van der Waals surface area contributed by atoms with Crippen molar-refractivity contribution in [2.24, 2.45) is 5.73 Å². The van der Waals surface area contributed by atoms with E-state index in [1.165, 1.54) is 31.9 Å². The number of hydrogen-bond donors (Lipinski definition) is 5. The largest absolute Gasteiger partial charge is 0.495 e. The highest BCUT2D eigenvalue weighted by molar-refractivity contribution is 5.95. The molecule has 1 aliphatic rings. The Hall–Kier alpha value is -5.95. The number of hydrogen-bond acceptors (Lipinski definition) is 9. The van der Waals surface area contributed by atoms with Gasteiger partial charge >= 0.3 is 12.3 Å². The molecule has 0 saturated carbocycles. The van der Waals surface area contributed by atoms with Gasteiger partial charge in [0.1, 0.15) is 11.4 Å². The van der Waals surface area contributed by atoms with Crippen molar-refractivity contribution in [3.05, 3.63) is 83.3 Å². The number of anilines is 3. The third kappa shape index (κ3) is 10.8. The van der Waals surface area contributed by atoms with Crippen LogP contribution in [0, 0.1) is 11.8 Å². The lowest BCUT2D eigenvalue weighted by molar-refractivity contribution is -0.128. The minimum Gasteiger partial charge on any atom is -0.495 e. The number of benzene rings is 2. The molecule has 16 heteroatoms. The standard InChI is InChI=1S/C29H34F3N7O4.C7H7NO/c1-33-27(40)18-7-8-22(25(14-18)42-3)34-11-5-6-21-24(16-29(30,31)32)39-17-20(36-28(41)43-4)15-23(26(39)37-21)35-19-9-12-38(2)13-10-19;8-7(9)6-4-2-1-3-5-6/h7-8,14-15,17,19,34-35H,9-13,16H2,1-4H3,(H,33,40)(H,36,41);1-5H,(H2,8,9). The number of carbonyl (C=O) groups is 3. The fourth-order valence-corrected chi connectivity index (χ4v) is 5.36. The topological polar surface area (TPSA) is 164 Å². The Balaban J connectivity index is 0.000000585. The summed E-state index contributed by atoms with van der Waals surface area (Å²) in [4.78, 5) is 41.0. The number of ether oxygens (including phenoxy) is 2. The number of rotatable bonds is 9. The molecule has 0 atom stereocenters. The van der Waals surface area contributed by atoms with Gasteiger partial charge in [0.2, 0.25) is 5.91 Å². The van der Waals surface area contributed by atoms with E-state index in [0.717, 1.165) is 25.9 Å². The van der Waals surface area contributed by atoms with Crippen LogP contribution in [0.2, 0.25) is 0 Å². The lowest BCUT2D eigenvalue weighted by Crippen LogP contribution is -2.36. The Kier molecular flexibility index (Phi) is 13.3. The molecule has 3 amide bonds. The Morgan fingerprint density at radius 2 is 1.73 bits per heavy atom. The second kappa shape index (κ2) is 17.8. The molecular weight excluding hydrogens is 681 g/mol. The molecule has 1 aliphatic heterocycles. The number of aromatic nitrogens is 2. The van der Waals surface area contributed by atoms with Crippen molar-refractivity contribution in [1.29, 1.82) is 0 Å². The molecule has 0 bridgehead atoms. The van der Waals surface area contributed by atoms with Crippen LogP contribution in [0.15, 0.2) is 60.8 Å². The van der Waals surface area contributed by atoms with Gasteiger partial charge in [-0.15, -0.1) is 0 Å². The molecule has 0 radical (unpaired) electrons. The van der Waals surface area contributed by atoms with E-state index < -0.39 is 18.7 Å². The first-order valence-corrected chi connectivity index (χ1v) is 16.2. The first kappa shape index (κ1) is 38.8. The Bertz CT molecular complexity index is 1930. The predicted molar refractivity (Wildman–Crippen MR) is 192 cm³/mol. The zero-order valence-electron chi connectivity index (χ0n) is 29.2. The summed E-state index contributed by atoms with van der Waals surface area (Å²) in [6, 6.07) is 15.3. The molecule has 0 unspecified atom stereocenters. The number of halogens is 3. The van der Waals surface area contributed by atoms with Gasteiger partial charge < -0.3 is 36.1 Å². The van der Waals surface area contributed by atoms with Gasteiger partial charge in [0.25, 0.3) is 5.91 Å². The number of primary amides is 1. The van der Waals surface area contributed by atoms with Crippen LogP contribution < -0.4 is 31.7 Å². The summed E-state index contributed by atoms with van der Waals surface area (Å²) >= 11 is 0. The van der Waals surface area contributed by atoms with Crippen LogP contribution in [0.3, 0.4) is 0 Å².